The highest BCUT2D eigenvalue weighted by Crippen LogP contribution is 2.15. The largest absolute Gasteiger partial charge is 0.497 e. The van der Waals surface area contributed by atoms with Crippen molar-refractivity contribution < 1.29 is 4.74 Å². The van der Waals surface area contributed by atoms with E-state index in [4.69, 9.17) is 4.74 Å². The van der Waals surface area contributed by atoms with E-state index < -0.39 is 0 Å². The fourth-order valence-corrected chi connectivity index (χ4v) is 2.72. The lowest BCUT2D eigenvalue weighted by atomic mass is 10.0. The smallest absolute Gasteiger partial charge is 0.118 e. The number of ether oxygens (including phenoxy) is 1. The molecule has 1 aromatic carbocycles. The standard InChI is InChI=1S/C24H36O/c1-6-20(2)10-7-11-21(3)12-8-13-22(4)14-9-15-23-16-18-24(25-5)19-17-23/h10,12,14,16-19H,6-9,11,13,15H2,1-5H3/b20-10+,21-12+,22-14+. The first-order valence-corrected chi connectivity index (χ1v) is 9.65. The predicted octanol–water partition coefficient (Wildman–Crippen LogP) is 7.44. The fourth-order valence-electron chi connectivity index (χ4n) is 2.72. The Hall–Kier alpha value is -1.76. The lowest BCUT2D eigenvalue weighted by molar-refractivity contribution is 0.414. The zero-order valence-electron chi connectivity index (χ0n) is 16.9. The van der Waals surface area contributed by atoms with Crippen LogP contribution in [0.4, 0.5) is 0 Å². The molecule has 0 aliphatic carbocycles. The van der Waals surface area contributed by atoms with Crippen LogP contribution in [0, 0.1) is 0 Å². The third kappa shape index (κ3) is 9.96. The second kappa shape index (κ2) is 12.6. The maximum absolute atomic E-state index is 5.20. The summed E-state index contributed by atoms with van der Waals surface area (Å²) in [6.45, 7) is 8.96. The maximum Gasteiger partial charge on any atom is 0.118 e. The van der Waals surface area contributed by atoms with Crippen LogP contribution in [0.2, 0.25) is 0 Å². The van der Waals surface area contributed by atoms with E-state index in [1.165, 1.54) is 48.0 Å². The van der Waals surface area contributed by atoms with Crippen LogP contribution in [-0.4, -0.2) is 7.11 Å². The van der Waals surface area contributed by atoms with Crippen LogP contribution in [0.5, 0.6) is 5.75 Å². The third-order valence-corrected chi connectivity index (χ3v) is 4.71. The number of allylic oxidation sites excluding steroid dienone is 6. The summed E-state index contributed by atoms with van der Waals surface area (Å²) in [4.78, 5) is 0. The lowest BCUT2D eigenvalue weighted by Gasteiger charge is -2.03. The molecule has 0 atom stereocenters. The highest BCUT2D eigenvalue weighted by molar-refractivity contribution is 5.27. The molecule has 0 radical (unpaired) electrons. The fraction of sp³-hybridized carbons (Fsp3) is 0.500. The van der Waals surface area contributed by atoms with Gasteiger partial charge < -0.3 is 4.74 Å². The van der Waals surface area contributed by atoms with E-state index in [1.807, 2.05) is 12.1 Å². The second-order valence-corrected chi connectivity index (χ2v) is 6.97. The zero-order chi connectivity index (χ0) is 18.5. The first-order valence-electron chi connectivity index (χ1n) is 9.65. The van der Waals surface area contributed by atoms with Gasteiger partial charge in [0.15, 0.2) is 0 Å². The average molecular weight is 341 g/mol. The minimum atomic E-state index is 0.929. The van der Waals surface area contributed by atoms with Crippen LogP contribution in [0.25, 0.3) is 0 Å². The van der Waals surface area contributed by atoms with E-state index >= 15 is 0 Å². The van der Waals surface area contributed by atoms with E-state index in [2.05, 4.69) is 58.1 Å². The van der Waals surface area contributed by atoms with Gasteiger partial charge in [0.2, 0.25) is 0 Å². The van der Waals surface area contributed by atoms with Gasteiger partial charge in [0, 0.05) is 0 Å². The highest BCUT2D eigenvalue weighted by atomic mass is 16.5. The molecule has 0 unspecified atom stereocenters. The van der Waals surface area contributed by atoms with Crippen LogP contribution in [0.15, 0.2) is 59.2 Å². The number of hydrogen-bond donors (Lipinski definition) is 0. The SMILES string of the molecule is CC/C(C)=C/CC/C(C)=C/CC/C(C)=C/CCc1ccc(OC)cc1. The Bertz CT molecular complexity index is 573. The summed E-state index contributed by atoms with van der Waals surface area (Å²) in [5.74, 6) is 0.929. The minimum Gasteiger partial charge on any atom is -0.497 e. The van der Waals surface area contributed by atoms with Gasteiger partial charge in [-0.05, 0) is 83.4 Å². The Labute approximate surface area is 155 Å². The van der Waals surface area contributed by atoms with Crippen molar-refractivity contribution in [3.8, 4) is 5.75 Å². The summed E-state index contributed by atoms with van der Waals surface area (Å²) in [7, 11) is 1.71. The molecule has 0 N–H and O–H groups in total. The Morgan fingerprint density at radius 1 is 0.800 bits per heavy atom. The first-order chi connectivity index (χ1) is 12.0. The molecule has 0 bridgehead atoms. The molecule has 0 heterocycles. The van der Waals surface area contributed by atoms with Crippen molar-refractivity contribution in [1.82, 2.24) is 0 Å². The van der Waals surface area contributed by atoms with Crippen LogP contribution in [-0.2, 0) is 6.42 Å². The lowest BCUT2D eigenvalue weighted by Crippen LogP contribution is -1.87. The van der Waals surface area contributed by atoms with Crippen molar-refractivity contribution in [2.45, 2.75) is 72.6 Å². The molecular weight excluding hydrogens is 304 g/mol. The van der Waals surface area contributed by atoms with Crippen molar-refractivity contribution in [1.29, 1.82) is 0 Å². The summed E-state index contributed by atoms with van der Waals surface area (Å²) in [6, 6.07) is 8.39. The van der Waals surface area contributed by atoms with Gasteiger partial charge in [0.05, 0.1) is 7.11 Å². The molecule has 1 rings (SSSR count). The average Bonchev–Trinajstić information content (AvgIpc) is 2.62. The molecule has 0 saturated carbocycles. The van der Waals surface area contributed by atoms with E-state index in [9.17, 15) is 0 Å². The molecular formula is C24H36O. The van der Waals surface area contributed by atoms with E-state index in [1.54, 1.807) is 7.11 Å². The summed E-state index contributed by atoms with van der Waals surface area (Å²) in [6.07, 6.45) is 15.3. The van der Waals surface area contributed by atoms with Gasteiger partial charge in [0.1, 0.15) is 5.75 Å². The van der Waals surface area contributed by atoms with Crippen molar-refractivity contribution in [2.24, 2.45) is 0 Å². The van der Waals surface area contributed by atoms with Crippen molar-refractivity contribution in [3.63, 3.8) is 0 Å². The van der Waals surface area contributed by atoms with Crippen LogP contribution < -0.4 is 4.74 Å². The maximum atomic E-state index is 5.20. The quantitative estimate of drug-likeness (QED) is 0.380. The molecule has 1 aromatic rings. The molecule has 0 saturated heterocycles. The van der Waals surface area contributed by atoms with Gasteiger partial charge >= 0.3 is 0 Å². The molecule has 0 aliphatic rings. The van der Waals surface area contributed by atoms with E-state index in [0.717, 1.165) is 25.0 Å². The van der Waals surface area contributed by atoms with Crippen LogP contribution >= 0.6 is 0 Å². The van der Waals surface area contributed by atoms with Gasteiger partial charge in [-0.3, -0.25) is 0 Å². The monoisotopic (exact) mass is 340 g/mol. The van der Waals surface area contributed by atoms with Crippen molar-refractivity contribution in [2.75, 3.05) is 7.11 Å². The van der Waals surface area contributed by atoms with Crippen LogP contribution in [0.1, 0.15) is 71.8 Å². The normalized spacial score (nSPS) is 13.2. The Kier molecular flexibility index (Phi) is 10.7. The van der Waals surface area contributed by atoms with E-state index in [-0.39, 0.29) is 0 Å². The van der Waals surface area contributed by atoms with Crippen molar-refractivity contribution >= 4 is 0 Å². The third-order valence-electron chi connectivity index (χ3n) is 4.71. The number of benzene rings is 1. The van der Waals surface area contributed by atoms with Crippen LogP contribution in [0.3, 0.4) is 0 Å². The summed E-state index contributed by atoms with van der Waals surface area (Å²) >= 11 is 0. The minimum absolute atomic E-state index is 0.929. The van der Waals surface area contributed by atoms with Crippen molar-refractivity contribution in [3.05, 3.63) is 64.8 Å². The molecule has 0 aliphatic heterocycles. The number of rotatable bonds is 11. The molecule has 25 heavy (non-hydrogen) atoms. The number of methoxy groups -OCH3 is 1. The molecule has 0 fully saturated rings. The molecule has 138 valence electrons. The molecule has 1 nitrogen and oxygen atoms in total. The number of aryl methyl sites for hydroxylation is 1. The van der Waals surface area contributed by atoms with Gasteiger partial charge in [-0.25, -0.2) is 0 Å². The Morgan fingerprint density at radius 2 is 1.32 bits per heavy atom. The summed E-state index contributed by atoms with van der Waals surface area (Å²) in [5, 5.41) is 0. The predicted molar refractivity (Wildman–Crippen MR) is 111 cm³/mol. The molecule has 0 spiro atoms. The molecule has 1 heteroatoms. The summed E-state index contributed by atoms with van der Waals surface area (Å²) in [5.41, 5.74) is 5.89. The summed E-state index contributed by atoms with van der Waals surface area (Å²) < 4.78 is 5.20. The Balaban J connectivity index is 2.26. The highest BCUT2D eigenvalue weighted by Gasteiger charge is 1.95. The molecule has 0 amide bonds. The first kappa shape index (κ1) is 21.3. The molecule has 0 aromatic heterocycles. The van der Waals surface area contributed by atoms with Gasteiger partial charge in [-0.1, -0.05) is 54.0 Å². The number of hydrogen-bond acceptors (Lipinski definition) is 1. The van der Waals surface area contributed by atoms with Gasteiger partial charge in [0.25, 0.3) is 0 Å². The van der Waals surface area contributed by atoms with Gasteiger partial charge in [-0.2, -0.15) is 0 Å². The van der Waals surface area contributed by atoms with E-state index in [0.29, 0.717) is 0 Å². The Morgan fingerprint density at radius 3 is 1.84 bits per heavy atom. The second-order valence-electron chi connectivity index (χ2n) is 6.97. The van der Waals surface area contributed by atoms with Gasteiger partial charge in [-0.15, -0.1) is 0 Å². The zero-order valence-corrected chi connectivity index (χ0v) is 16.9. The topological polar surface area (TPSA) is 9.23 Å².